The van der Waals surface area contributed by atoms with Crippen molar-refractivity contribution in [3.63, 3.8) is 0 Å². The number of methoxy groups -OCH3 is 1. The molecule has 0 unspecified atom stereocenters. The minimum Gasteiger partial charge on any atom is -0.497 e. The number of aryl methyl sites for hydroxylation is 1. The Morgan fingerprint density at radius 1 is 1.16 bits per heavy atom. The number of ether oxygens (including phenoxy) is 1. The lowest BCUT2D eigenvalue weighted by Crippen LogP contribution is -2.01. The van der Waals surface area contributed by atoms with Gasteiger partial charge >= 0.3 is 0 Å². The molecule has 3 heteroatoms. The van der Waals surface area contributed by atoms with Crippen molar-refractivity contribution in [2.75, 3.05) is 7.11 Å². The quantitative estimate of drug-likeness (QED) is 0.765. The number of benzene rings is 2. The molecule has 0 bridgehead atoms. The fourth-order valence-electron chi connectivity index (χ4n) is 1.89. The summed E-state index contributed by atoms with van der Waals surface area (Å²) in [6, 6.07) is 13.4. The SMILES string of the molecule is COc1cccc(CCC(=O)c2cccc(F)c2)c1. The highest BCUT2D eigenvalue weighted by atomic mass is 19.1. The van der Waals surface area contributed by atoms with Gasteiger partial charge in [0.1, 0.15) is 11.6 Å². The highest BCUT2D eigenvalue weighted by Gasteiger charge is 2.07. The van der Waals surface area contributed by atoms with Crippen molar-refractivity contribution in [3.05, 3.63) is 65.5 Å². The standard InChI is InChI=1S/C16H15FO2/c1-19-15-7-2-4-12(10-15)8-9-16(18)13-5-3-6-14(17)11-13/h2-7,10-11H,8-9H2,1H3. The van der Waals surface area contributed by atoms with Crippen molar-refractivity contribution in [2.24, 2.45) is 0 Å². The van der Waals surface area contributed by atoms with Gasteiger partial charge in [0.25, 0.3) is 0 Å². The minimum absolute atomic E-state index is 0.0534. The molecule has 0 aliphatic carbocycles. The Labute approximate surface area is 111 Å². The Kier molecular flexibility index (Phi) is 4.29. The zero-order valence-corrected chi connectivity index (χ0v) is 10.7. The van der Waals surface area contributed by atoms with Crippen molar-refractivity contribution in [1.29, 1.82) is 0 Å². The lowest BCUT2D eigenvalue weighted by Gasteiger charge is -2.04. The van der Waals surface area contributed by atoms with Gasteiger partial charge in [0.15, 0.2) is 5.78 Å². The average Bonchev–Trinajstić information content (AvgIpc) is 2.45. The summed E-state index contributed by atoms with van der Waals surface area (Å²) in [5.74, 6) is 0.338. The van der Waals surface area contributed by atoms with Crippen LogP contribution in [0.5, 0.6) is 5.75 Å². The third kappa shape index (κ3) is 3.65. The Hall–Kier alpha value is -2.16. The van der Waals surface area contributed by atoms with E-state index < -0.39 is 0 Å². The molecule has 19 heavy (non-hydrogen) atoms. The van der Waals surface area contributed by atoms with Gasteiger partial charge in [-0.1, -0.05) is 24.3 Å². The first-order chi connectivity index (χ1) is 9.19. The predicted octanol–water partition coefficient (Wildman–Crippen LogP) is 3.65. The van der Waals surface area contributed by atoms with E-state index in [0.29, 0.717) is 18.4 Å². The summed E-state index contributed by atoms with van der Waals surface area (Å²) in [4.78, 5) is 11.9. The average molecular weight is 258 g/mol. The van der Waals surface area contributed by atoms with Gasteiger partial charge in [0.2, 0.25) is 0 Å². The number of hydrogen-bond acceptors (Lipinski definition) is 2. The Morgan fingerprint density at radius 3 is 2.68 bits per heavy atom. The van der Waals surface area contributed by atoms with Gasteiger partial charge in [-0.25, -0.2) is 4.39 Å². The Morgan fingerprint density at radius 2 is 1.95 bits per heavy atom. The molecule has 0 saturated carbocycles. The van der Waals surface area contributed by atoms with E-state index in [-0.39, 0.29) is 11.6 Å². The van der Waals surface area contributed by atoms with Crippen LogP contribution in [-0.4, -0.2) is 12.9 Å². The largest absolute Gasteiger partial charge is 0.497 e. The fraction of sp³-hybridized carbons (Fsp3) is 0.188. The highest BCUT2D eigenvalue weighted by Crippen LogP contribution is 2.15. The van der Waals surface area contributed by atoms with Crippen LogP contribution in [0.2, 0.25) is 0 Å². The molecule has 0 aromatic heterocycles. The predicted molar refractivity (Wildman–Crippen MR) is 72.0 cm³/mol. The van der Waals surface area contributed by atoms with E-state index in [1.165, 1.54) is 12.1 Å². The number of Topliss-reactive ketones (excluding diaryl/α,β-unsaturated/α-hetero) is 1. The van der Waals surface area contributed by atoms with E-state index in [1.807, 2.05) is 24.3 Å². The van der Waals surface area contributed by atoms with Gasteiger partial charge in [-0.2, -0.15) is 0 Å². The number of carbonyl (C=O) groups is 1. The normalized spacial score (nSPS) is 10.2. The highest BCUT2D eigenvalue weighted by molar-refractivity contribution is 5.96. The lowest BCUT2D eigenvalue weighted by molar-refractivity contribution is 0.0982. The van der Waals surface area contributed by atoms with Crippen LogP contribution in [0.3, 0.4) is 0 Å². The minimum atomic E-state index is -0.382. The molecule has 0 spiro atoms. The summed E-state index contributed by atoms with van der Waals surface area (Å²) < 4.78 is 18.1. The van der Waals surface area contributed by atoms with Crippen LogP contribution in [0, 0.1) is 5.82 Å². The van der Waals surface area contributed by atoms with Crippen LogP contribution in [0.4, 0.5) is 4.39 Å². The molecule has 0 heterocycles. The van der Waals surface area contributed by atoms with E-state index in [9.17, 15) is 9.18 Å². The molecule has 0 saturated heterocycles. The van der Waals surface area contributed by atoms with Crippen molar-refractivity contribution < 1.29 is 13.9 Å². The molecule has 0 N–H and O–H groups in total. The smallest absolute Gasteiger partial charge is 0.163 e. The van der Waals surface area contributed by atoms with Crippen molar-refractivity contribution in [3.8, 4) is 5.75 Å². The third-order valence-electron chi connectivity index (χ3n) is 2.92. The maximum absolute atomic E-state index is 13.0. The van der Waals surface area contributed by atoms with Crippen LogP contribution in [0.25, 0.3) is 0 Å². The van der Waals surface area contributed by atoms with Gasteiger partial charge in [-0.15, -0.1) is 0 Å². The molecule has 0 amide bonds. The fourth-order valence-corrected chi connectivity index (χ4v) is 1.89. The molecule has 2 aromatic carbocycles. The second-order valence-electron chi connectivity index (χ2n) is 4.29. The summed E-state index contributed by atoms with van der Waals surface area (Å²) in [5, 5.41) is 0. The van der Waals surface area contributed by atoms with Crippen LogP contribution < -0.4 is 4.74 Å². The molecule has 0 radical (unpaired) electrons. The molecular weight excluding hydrogens is 243 g/mol. The first kappa shape index (κ1) is 13.3. The maximum Gasteiger partial charge on any atom is 0.163 e. The van der Waals surface area contributed by atoms with E-state index in [1.54, 1.807) is 19.2 Å². The molecule has 0 aliphatic heterocycles. The molecule has 0 atom stereocenters. The number of ketones is 1. The molecule has 98 valence electrons. The number of rotatable bonds is 5. The van der Waals surface area contributed by atoms with Crippen molar-refractivity contribution >= 4 is 5.78 Å². The van der Waals surface area contributed by atoms with Gasteiger partial charge in [0, 0.05) is 12.0 Å². The molecule has 2 nitrogen and oxygen atoms in total. The number of hydrogen-bond donors (Lipinski definition) is 0. The first-order valence-corrected chi connectivity index (χ1v) is 6.11. The number of carbonyl (C=O) groups excluding carboxylic acids is 1. The van der Waals surface area contributed by atoms with Gasteiger partial charge in [-0.05, 0) is 36.2 Å². The summed E-state index contributed by atoms with van der Waals surface area (Å²) in [5.41, 5.74) is 1.45. The van der Waals surface area contributed by atoms with E-state index in [0.717, 1.165) is 11.3 Å². The number of halogens is 1. The van der Waals surface area contributed by atoms with E-state index in [2.05, 4.69) is 0 Å². The van der Waals surface area contributed by atoms with Gasteiger partial charge in [0.05, 0.1) is 7.11 Å². The maximum atomic E-state index is 13.0. The van der Waals surface area contributed by atoms with Crippen molar-refractivity contribution in [2.45, 2.75) is 12.8 Å². The summed E-state index contributed by atoms with van der Waals surface area (Å²) in [6.07, 6.45) is 0.975. The lowest BCUT2D eigenvalue weighted by atomic mass is 10.0. The van der Waals surface area contributed by atoms with Crippen LogP contribution in [0.1, 0.15) is 22.3 Å². The summed E-state index contributed by atoms with van der Waals surface area (Å²) in [7, 11) is 1.61. The second kappa shape index (κ2) is 6.14. The molecular formula is C16H15FO2. The molecule has 0 fully saturated rings. The zero-order valence-electron chi connectivity index (χ0n) is 10.7. The van der Waals surface area contributed by atoms with Gasteiger partial charge < -0.3 is 4.74 Å². The van der Waals surface area contributed by atoms with Crippen LogP contribution in [0.15, 0.2) is 48.5 Å². The third-order valence-corrected chi connectivity index (χ3v) is 2.92. The Balaban J connectivity index is 2.00. The van der Waals surface area contributed by atoms with E-state index in [4.69, 9.17) is 4.74 Å². The summed E-state index contributed by atoms with van der Waals surface area (Å²) in [6.45, 7) is 0. The first-order valence-electron chi connectivity index (χ1n) is 6.11. The van der Waals surface area contributed by atoms with Crippen LogP contribution >= 0.6 is 0 Å². The molecule has 2 aromatic rings. The van der Waals surface area contributed by atoms with Crippen LogP contribution in [-0.2, 0) is 6.42 Å². The summed E-state index contributed by atoms with van der Waals surface area (Å²) >= 11 is 0. The Bertz CT molecular complexity index is 578. The molecule has 2 rings (SSSR count). The van der Waals surface area contributed by atoms with Crippen molar-refractivity contribution in [1.82, 2.24) is 0 Å². The van der Waals surface area contributed by atoms with E-state index >= 15 is 0 Å². The molecule has 0 aliphatic rings. The zero-order chi connectivity index (χ0) is 13.7. The van der Waals surface area contributed by atoms with Gasteiger partial charge in [-0.3, -0.25) is 4.79 Å². The monoisotopic (exact) mass is 258 g/mol. The topological polar surface area (TPSA) is 26.3 Å². The second-order valence-corrected chi connectivity index (χ2v) is 4.29.